The zero-order valence-corrected chi connectivity index (χ0v) is 14.2. The first-order chi connectivity index (χ1) is 10.6. The van der Waals surface area contributed by atoms with Crippen molar-refractivity contribution in [1.29, 1.82) is 0 Å². The van der Waals surface area contributed by atoms with Gasteiger partial charge in [0.2, 0.25) is 5.91 Å². The Kier molecular flexibility index (Phi) is 6.71. The molecule has 4 heteroatoms. The summed E-state index contributed by atoms with van der Waals surface area (Å²) < 4.78 is 5.08. The Morgan fingerprint density at radius 1 is 1.09 bits per heavy atom. The molecule has 1 heterocycles. The average Bonchev–Trinajstić information content (AvgIpc) is 2.56. The topological polar surface area (TPSA) is 46.6 Å². The van der Waals surface area contributed by atoms with Crippen LogP contribution < -0.4 is 0 Å². The first-order valence-corrected chi connectivity index (χ1v) is 9.06. The van der Waals surface area contributed by atoms with Gasteiger partial charge in [0.1, 0.15) is 0 Å². The summed E-state index contributed by atoms with van der Waals surface area (Å²) in [5, 5.41) is 0. The fraction of sp³-hybridized carbons (Fsp3) is 0.889. The van der Waals surface area contributed by atoms with Gasteiger partial charge in [-0.2, -0.15) is 0 Å². The van der Waals surface area contributed by atoms with Crippen molar-refractivity contribution in [3.8, 4) is 0 Å². The van der Waals surface area contributed by atoms with E-state index < -0.39 is 0 Å². The van der Waals surface area contributed by atoms with Crippen LogP contribution in [0.2, 0.25) is 0 Å². The number of nitrogens with zero attached hydrogens (tertiary/aromatic N) is 1. The van der Waals surface area contributed by atoms with E-state index in [1.807, 2.05) is 11.8 Å². The molecule has 2 fully saturated rings. The number of amides is 1. The van der Waals surface area contributed by atoms with Gasteiger partial charge >= 0.3 is 5.97 Å². The van der Waals surface area contributed by atoms with E-state index in [2.05, 4.69) is 6.92 Å². The number of esters is 1. The van der Waals surface area contributed by atoms with Crippen LogP contribution in [0.15, 0.2) is 0 Å². The van der Waals surface area contributed by atoms with E-state index in [4.69, 9.17) is 4.74 Å². The third-order valence-electron chi connectivity index (χ3n) is 5.42. The number of hydrogen-bond donors (Lipinski definition) is 0. The number of ether oxygens (including phenoxy) is 1. The first kappa shape index (κ1) is 17.3. The van der Waals surface area contributed by atoms with Crippen LogP contribution in [0, 0.1) is 17.8 Å². The lowest BCUT2D eigenvalue weighted by Crippen LogP contribution is -2.41. The SMILES string of the molecule is CCOC(=O)C1CCN(C(=O)C[C@@H](C)C2CCCCC2)CC1. The molecule has 0 radical (unpaired) electrons. The van der Waals surface area contributed by atoms with Crippen molar-refractivity contribution in [3.05, 3.63) is 0 Å². The summed E-state index contributed by atoms with van der Waals surface area (Å²) >= 11 is 0. The zero-order chi connectivity index (χ0) is 15.9. The number of piperidine rings is 1. The molecule has 1 saturated carbocycles. The molecule has 0 N–H and O–H groups in total. The molecule has 0 aromatic rings. The van der Waals surface area contributed by atoms with Gasteiger partial charge in [-0.05, 0) is 31.6 Å². The summed E-state index contributed by atoms with van der Waals surface area (Å²) in [7, 11) is 0. The Bertz CT molecular complexity index is 369. The van der Waals surface area contributed by atoms with E-state index in [0.717, 1.165) is 18.8 Å². The number of rotatable bonds is 5. The van der Waals surface area contributed by atoms with E-state index in [1.54, 1.807) is 0 Å². The summed E-state index contributed by atoms with van der Waals surface area (Å²) in [5.74, 6) is 1.40. The van der Waals surface area contributed by atoms with Crippen molar-refractivity contribution in [1.82, 2.24) is 4.90 Å². The Balaban J connectivity index is 1.73. The van der Waals surface area contributed by atoms with Crippen LogP contribution >= 0.6 is 0 Å². The van der Waals surface area contributed by atoms with Crippen LogP contribution in [0.4, 0.5) is 0 Å². The van der Waals surface area contributed by atoms with Gasteiger partial charge in [0, 0.05) is 19.5 Å². The van der Waals surface area contributed by atoms with E-state index in [1.165, 1.54) is 32.1 Å². The van der Waals surface area contributed by atoms with Crippen LogP contribution in [0.5, 0.6) is 0 Å². The van der Waals surface area contributed by atoms with Gasteiger partial charge in [0.25, 0.3) is 0 Å². The molecule has 2 aliphatic rings. The molecular formula is C18H31NO3. The first-order valence-electron chi connectivity index (χ1n) is 9.06. The summed E-state index contributed by atoms with van der Waals surface area (Å²) in [6.45, 7) is 5.93. The second-order valence-electron chi connectivity index (χ2n) is 6.99. The lowest BCUT2D eigenvalue weighted by Gasteiger charge is -2.33. The van der Waals surface area contributed by atoms with Gasteiger partial charge in [-0.3, -0.25) is 9.59 Å². The number of likely N-dealkylation sites (tertiary alicyclic amines) is 1. The van der Waals surface area contributed by atoms with Crippen molar-refractivity contribution >= 4 is 11.9 Å². The van der Waals surface area contributed by atoms with E-state index >= 15 is 0 Å². The monoisotopic (exact) mass is 309 g/mol. The minimum atomic E-state index is -0.0924. The Hall–Kier alpha value is -1.06. The molecule has 0 bridgehead atoms. The molecule has 4 nitrogen and oxygen atoms in total. The Morgan fingerprint density at radius 2 is 1.73 bits per heavy atom. The molecule has 1 atom stereocenters. The standard InChI is InChI=1S/C18H31NO3/c1-3-22-18(21)16-9-11-19(12-10-16)17(20)13-14(2)15-7-5-4-6-8-15/h14-16H,3-13H2,1-2H3/t14-/m1/s1. The van der Waals surface area contributed by atoms with Gasteiger partial charge in [-0.25, -0.2) is 0 Å². The van der Waals surface area contributed by atoms with E-state index in [-0.39, 0.29) is 17.8 Å². The number of hydrogen-bond acceptors (Lipinski definition) is 3. The number of carbonyl (C=O) groups excluding carboxylic acids is 2. The molecule has 22 heavy (non-hydrogen) atoms. The van der Waals surface area contributed by atoms with Gasteiger partial charge in [0.05, 0.1) is 12.5 Å². The van der Waals surface area contributed by atoms with Crippen LogP contribution in [0.3, 0.4) is 0 Å². The quantitative estimate of drug-likeness (QED) is 0.731. The van der Waals surface area contributed by atoms with Crippen LogP contribution in [0.25, 0.3) is 0 Å². The number of carbonyl (C=O) groups is 2. The van der Waals surface area contributed by atoms with Gasteiger partial charge in [-0.15, -0.1) is 0 Å². The fourth-order valence-electron chi connectivity index (χ4n) is 3.90. The van der Waals surface area contributed by atoms with Crippen molar-refractivity contribution in [2.24, 2.45) is 17.8 Å². The molecule has 1 aliphatic heterocycles. The maximum atomic E-state index is 12.5. The normalized spacial score (nSPS) is 22.4. The highest BCUT2D eigenvalue weighted by Crippen LogP contribution is 2.32. The summed E-state index contributed by atoms with van der Waals surface area (Å²) in [6, 6.07) is 0. The highest BCUT2D eigenvalue weighted by atomic mass is 16.5. The summed E-state index contributed by atoms with van der Waals surface area (Å²) in [5.41, 5.74) is 0. The fourth-order valence-corrected chi connectivity index (χ4v) is 3.90. The highest BCUT2D eigenvalue weighted by molar-refractivity contribution is 5.77. The molecule has 0 aromatic heterocycles. The van der Waals surface area contributed by atoms with E-state index in [9.17, 15) is 9.59 Å². The minimum absolute atomic E-state index is 0.0141. The summed E-state index contributed by atoms with van der Waals surface area (Å²) in [4.78, 5) is 26.1. The molecular weight excluding hydrogens is 278 g/mol. The van der Waals surface area contributed by atoms with Crippen molar-refractivity contribution < 1.29 is 14.3 Å². The van der Waals surface area contributed by atoms with Gasteiger partial charge in [0.15, 0.2) is 0 Å². The lowest BCUT2D eigenvalue weighted by molar-refractivity contribution is -0.151. The molecule has 1 saturated heterocycles. The predicted octanol–water partition coefficient (Wildman–Crippen LogP) is 3.39. The largest absolute Gasteiger partial charge is 0.466 e. The zero-order valence-electron chi connectivity index (χ0n) is 14.2. The smallest absolute Gasteiger partial charge is 0.309 e. The van der Waals surface area contributed by atoms with Crippen molar-refractivity contribution in [2.45, 2.75) is 65.2 Å². The van der Waals surface area contributed by atoms with Crippen LogP contribution in [0.1, 0.15) is 65.2 Å². The average molecular weight is 309 g/mol. The van der Waals surface area contributed by atoms with Crippen LogP contribution in [-0.2, 0) is 14.3 Å². The Labute approximate surface area is 134 Å². The lowest BCUT2D eigenvalue weighted by atomic mass is 9.79. The van der Waals surface area contributed by atoms with Crippen molar-refractivity contribution in [3.63, 3.8) is 0 Å². The van der Waals surface area contributed by atoms with Gasteiger partial charge < -0.3 is 9.64 Å². The maximum absolute atomic E-state index is 12.5. The van der Waals surface area contributed by atoms with Crippen molar-refractivity contribution in [2.75, 3.05) is 19.7 Å². The summed E-state index contributed by atoms with van der Waals surface area (Å²) in [6.07, 6.45) is 8.78. The van der Waals surface area contributed by atoms with Gasteiger partial charge in [-0.1, -0.05) is 39.0 Å². The Morgan fingerprint density at radius 3 is 2.32 bits per heavy atom. The highest BCUT2D eigenvalue weighted by Gasteiger charge is 2.30. The minimum Gasteiger partial charge on any atom is -0.466 e. The van der Waals surface area contributed by atoms with Crippen LogP contribution in [-0.4, -0.2) is 36.5 Å². The molecule has 1 aliphatic carbocycles. The third-order valence-corrected chi connectivity index (χ3v) is 5.42. The molecule has 126 valence electrons. The maximum Gasteiger partial charge on any atom is 0.309 e. The van der Waals surface area contributed by atoms with E-state index in [0.29, 0.717) is 32.0 Å². The molecule has 2 rings (SSSR count). The molecule has 0 spiro atoms. The molecule has 0 unspecified atom stereocenters. The third kappa shape index (κ3) is 4.72. The second-order valence-corrected chi connectivity index (χ2v) is 6.99. The molecule has 1 amide bonds. The molecule has 0 aromatic carbocycles. The predicted molar refractivity (Wildman–Crippen MR) is 86.3 cm³/mol. The second kappa shape index (κ2) is 8.54.